The van der Waals surface area contributed by atoms with Crippen molar-refractivity contribution < 1.29 is 9.84 Å². The lowest BCUT2D eigenvalue weighted by molar-refractivity contribution is 0.0568. The van der Waals surface area contributed by atoms with Gasteiger partial charge in [0.05, 0.1) is 19.8 Å². The van der Waals surface area contributed by atoms with Gasteiger partial charge in [0.25, 0.3) is 0 Å². The molecule has 0 aromatic carbocycles. The Morgan fingerprint density at radius 1 is 1.17 bits per heavy atom. The second-order valence-corrected chi connectivity index (χ2v) is 5.03. The van der Waals surface area contributed by atoms with Crippen LogP contribution in [0.3, 0.4) is 0 Å². The summed E-state index contributed by atoms with van der Waals surface area (Å²) in [6.45, 7) is 8.91. The van der Waals surface area contributed by atoms with Gasteiger partial charge in [-0.2, -0.15) is 0 Å². The molecule has 1 aliphatic rings. The highest BCUT2D eigenvalue weighted by Gasteiger charge is 2.24. The number of nitrogens with zero attached hydrogens (tertiary/aromatic N) is 1. The minimum Gasteiger partial charge on any atom is -0.394 e. The van der Waals surface area contributed by atoms with E-state index in [0.29, 0.717) is 6.61 Å². The van der Waals surface area contributed by atoms with Crippen LogP contribution < -0.4 is 5.32 Å². The molecule has 18 heavy (non-hydrogen) atoms. The lowest BCUT2D eigenvalue weighted by Gasteiger charge is -2.36. The first-order valence-electron chi connectivity index (χ1n) is 7.47. The molecule has 1 fully saturated rings. The van der Waals surface area contributed by atoms with Crippen LogP contribution in [-0.4, -0.2) is 61.5 Å². The fourth-order valence-electron chi connectivity index (χ4n) is 2.88. The topological polar surface area (TPSA) is 44.7 Å². The molecule has 0 spiro atoms. The molecule has 108 valence electrons. The predicted molar refractivity (Wildman–Crippen MR) is 74.9 cm³/mol. The fourth-order valence-corrected chi connectivity index (χ4v) is 2.88. The van der Waals surface area contributed by atoms with Crippen molar-refractivity contribution in [1.29, 1.82) is 0 Å². The maximum atomic E-state index is 8.67. The van der Waals surface area contributed by atoms with Crippen LogP contribution in [-0.2, 0) is 4.74 Å². The molecule has 2 N–H and O–H groups in total. The zero-order valence-electron chi connectivity index (χ0n) is 12.0. The van der Waals surface area contributed by atoms with E-state index >= 15 is 0 Å². The Hall–Kier alpha value is -0.160. The summed E-state index contributed by atoms with van der Waals surface area (Å²) < 4.78 is 5.36. The van der Waals surface area contributed by atoms with Crippen molar-refractivity contribution in [3.05, 3.63) is 0 Å². The predicted octanol–water partition coefficient (Wildman–Crippen LogP) is 1.24. The van der Waals surface area contributed by atoms with Gasteiger partial charge in [0.15, 0.2) is 0 Å². The van der Waals surface area contributed by atoms with Gasteiger partial charge in [0.2, 0.25) is 0 Å². The third-order valence-corrected chi connectivity index (χ3v) is 3.87. The highest BCUT2D eigenvalue weighted by molar-refractivity contribution is 4.82. The molecular weight excluding hydrogens is 228 g/mol. The van der Waals surface area contributed by atoms with Gasteiger partial charge in [-0.3, -0.25) is 4.90 Å². The first-order valence-corrected chi connectivity index (χ1v) is 7.47. The molecule has 1 rings (SSSR count). The molecular formula is C14H30N2O2. The van der Waals surface area contributed by atoms with Gasteiger partial charge in [-0.1, -0.05) is 13.8 Å². The van der Waals surface area contributed by atoms with Crippen molar-refractivity contribution in [3.63, 3.8) is 0 Å². The summed E-state index contributed by atoms with van der Waals surface area (Å²) in [4.78, 5) is 2.53. The van der Waals surface area contributed by atoms with Crippen molar-refractivity contribution in [2.24, 2.45) is 0 Å². The van der Waals surface area contributed by atoms with Gasteiger partial charge in [-0.25, -0.2) is 0 Å². The van der Waals surface area contributed by atoms with E-state index in [4.69, 9.17) is 9.84 Å². The van der Waals surface area contributed by atoms with Crippen molar-refractivity contribution >= 4 is 0 Å². The SMILES string of the molecule is CCNC1CCC(N(CC)CCOCCO)CC1. The number of hydrogen-bond donors (Lipinski definition) is 2. The minimum absolute atomic E-state index is 0.125. The molecule has 0 atom stereocenters. The maximum Gasteiger partial charge on any atom is 0.0698 e. The van der Waals surface area contributed by atoms with E-state index in [1.165, 1.54) is 25.7 Å². The average Bonchev–Trinajstić information content (AvgIpc) is 2.41. The van der Waals surface area contributed by atoms with Crippen LogP contribution >= 0.6 is 0 Å². The molecule has 0 aromatic rings. The van der Waals surface area contributed by atoms with Crippen molar-refractivity contribution in [1.82, 2.24) is 10.2 Å². The maximum absolute atomic E-state index is 8.67. The Balaban J connectivity index is 2.20. The second-order valence-electron chi connectivity index (χ2n) is 5.03. The van der Waals surface area contributed by atoms with E-state index < -0.39 is 0 Å². The Kier molecular flexibility index (Phi) is 8.59. The van der Waals surface area contributed by atoms with Crippen LogP contribution in [0.4, 0.5) is 0 Å². The molecule has 0 bridgehead atoms. The number of nitrogens with one attached hydrogen (secondary N) is 1. The Bertz CT molecular complexity index is 191. The summed E-state index contributed by atoms with van der Waals surface area (Å²) in [6.07, 6.45) is 5.19. The quantitative estimate of drug-likeness (QED) is 0.611. The van der Waals surface area contributed by atoms with Crippen LogP contribution in [0.5, 0.6) is 0 Å². The zero-order chi connectivity index (χ0) is 13.2. The van der Waals surface area contributed by atoms with Gasteiger partial charge in [0, 0.05) is 18.6 Å². The van der Waals surface area contributed by atoms with Gasteiger partial charge in [-0.05, 0) is 38.8 Å². The van der Waals surface area contributed by atoms with Gasteiger partial charge in [0.1, 0.15) is 0 Å². The molecule has 0 aliphatic heterocycles. The molecule has 0 aromatic heterocycles. The van der Waals surface area contributed by atoms with Crippen LogP contribution in [0.2, 0.25) is 0 Å². The van der Waals surface area contributed by atoms with Crippen LogP contribution in [0.15, 0.2) is 0 Å². The zero-order valence-corrected chi connectivity index (χ0v) is 12.0. The first kappa shape index (κ1) is 15.9. The molecule has 1 aliphatic carbocycles. The van der Waals surface area contributed by atoms with Crippen LogP contribution in [0.1, 0.15) is 39.5 Å². The molecule has 0 amide bonds. The van der Waals surface area contributed by atoms with Gasteiger partial charge < -0.3 is 15.2 Å². The smallest absolute Gasteiger partial charge is 0.0698 e. The number of aliphatic hydroxyl groups is 1. The van der Waals surface area contributed by atoms with E-state index in [0.717, 1.165) is 38.3 Å². The summed E-state index contributed by atoms with van der Waals surface area (Å²) in [5.41, 5.74) is 0. The van der Waals surface area contributed by atoms with Crippen molar-refractivity contribution in [3.8, 4) is 0 Å². The molecule has 0 saturated heterocycles. The standard InChI is InChI=1S/C14H30N2O2/c1-3-15-13-5-7-14(8-6-13)16(4-2)9-11-18-12-10-17/h13-15,17H,3-12H2,1-2H3. The summed E-state index contributed by atoms with van der Waals surface area (Å²) in [7, 11) is 0. The molecule has 0 heterocycles. The molecule has 4 nitrogen and oxygen atoms in total. The lowest BCUT2D eigenvalue weighted by Crippen LogP contribution is -2.43. The summed E-state index contributed by atoms with van der Waals surface area (Å²) >= 11 is 0. The monoisotopic (exact) mass is 258 g/mol. The van der Waals surface area contributed by atoms with Gasteiger partial charge in [-0.15, -0.1) is 0 Å². The van der Waals surface area contributed by atoms with E-state index in [2.05, 4.69) is 24.1 Å². The Labute approximate surface area is 112 Å². The van der Waals surface area contributed by atoms with E-state index in [-0.39, 0.29) is 6.61 Å². The van der Waals surface area contributed by atoms with E-state index in [1.54, 1.807) is 0 Å². The van der Waals surface area contributed by atoms with Crippen molar-refractivity contribution in [2.75, 3.05) is 39.5 Å². The summed E-state index contributed by atoms with van der Waals surface area (Å²) in [5, 5.41) is 12.2. The normalized spacial score (nSPS) is 24.7. The number of likely N-dealkylation sites (N-methyl/N-ethyl adjacent to an activating group) is 1. The molecule has 0 radical (unpaired) electrons. The molecule has 0 unspecified atom stereocenters. The molecule has 1 saturated carbocycles. The van der Waals surface area contributed by atoms with E-state index in [9.17, 15) is 0 Å². The highest BCUT2D eigenvalue weighted by Crippen LogP contribution is 2.22. The highest BCUT2D eigenvalue weighted by atomic mass is 16.5. The van der Waals surface area contributed by atoms with Crippen LogP contribution in [0.25, 0.3) is 0 Å². The number of aliphatic hydroxyl groups excluding tert-OH is 1. The Morgan fingerprint density at radius 2 is 1.89 bits per heavy atom. The third kappa shape index (κ3) is 5.65. The number of hydrogen-bond acceptors (Lipinski definition) is 4. The Morgan fingerprint density at radius 3 is 2.44 bits per heavy atom. The minimum atomic E-state index is 0.125. The lowest BCUT2D eigenvalue weighted by atomic mass is 9.90. The second kappa shape index (κ2) is 9.73. The number of rotatable bonds is 9. The van der Waals surface area contributed by atoms with E-state index in [1.807, 2.05) is 0 Å². The van der Waals surface area contributed by atoms with Crippen LogP contribution in [0, 0.1) is 0 Å². The first-order chi connectivity index (χ1) is 8.81. The third-order valence-electron chi connectivity index (χ3n) is 3.87. The van der Waals surface area contributed by atoms with Crippen molar-refractivity contribution in [2.45, 2.75) is 51.6 Å². The fraction of sp³-hybridized carbons (Fsp3) is 1.00. The molecule has 4 heteroatoms. The summed E-state index contributed by atoms with van der Waals surface area (Å²) in [5.74, 6) is 0. The van der Waals surface area contributed by atoms with Gasteiger partial charge >= 0.3 is 0 Å². The number of ether oxygens (including phenoxy) is 1. The largest absolute Gasteiger partial charge is 0.394 e. The average molecular weight is 258 g/mol. The summed E-state index contributed by atoms with van der Waals surface area (Å²) in [6, 6.07) is 1.46.